The molecule has 0 bridgehead atoms. The van der Waals surface area contributed by atoms with Crippen LogP contribution in [-0.2, 0) is 4.79 Å². The van der Waals surface area contributed by atoms with Crippen LogP contribution in [0.4, 0.5) is 4.39 Å². The molecule has 1 heterocycles. The van der Waals surface area contributed by atoms with Crippen LogP contribution in [0.1, 0.15) is 28.5 Å². The third-order valence-electron chi connectivity index (χ3n) is 5.11. The van der Waals surface area contributed by atoms with Crippen LogP contribution in [-0.4, -0.2) is 31.2 Å². The number of nitriles is 1. The molecule has 2 N–H and O–H groups in total. The third-order valence-corrected chi connectivity index (χ3v) is 6.12. The highest BCUT2D eigenvalue weighted by atomic mass is 32.1. The molecular formula is C26H25FN4OS. The summed E-state index contributed by atoms with van der Waals surface area (Å²) in [6.45, 7) is 0. The first-order valence-electron chi connectivity index (χ1n) is 10.4. The van der Waals surface area contributed by atoms with Gasteiger partial charge in [-0.3, -0.25) is 0 Å². The molecule has 2 unspecified atom stereocenters. The van der Waals surface area contributed by atoms with E-state index in [1.807, 2.05) is 35.7 Å². The van der Waals surface area contributed by atoms with E-state index >= 15 is 0 Å². The van der Waals surface area contributed by atoms with Crippen molar-refractivity contribution in [3.05, 3.63) is 87.9 Å². The molecule has 3 rings (SSSR count). The number of hydrogen-bond acceptors (Lipinski definition) is 4. The zero-order valence-electron chi connectivity index (χ0n) is 18.5. The SMILES string of the molecule is CN(C)C(N)=NC(c1cc(-c2cccc(C#N)c2)cs1)C(C=O)C/C=C/c1cccc(F)c1. The zero-order valence-corrected chi connectivity index (χ0v) is 19.3. The van der Waals surface area contributed by atoms with E-state index in [9.17, 15) is 14.4 Å². The summed E-state index contributed by atoms with van der Waals surface area (Å²) in [5.41, 5.74) is 9.30. The first-order valence-corrected chi connectivity index (χ1v) is 11.3. The van der Waals surface area contributed by atoms with Crippen LogP contribution in [0.3, 0.4) is 0 Å². The van der Waals surface area contributed by atoms with Gasteiger partial charge in [0.15, 0.2) is 5.96 Å². The second-order valence-corrected chi connectivity index (χ2v) is 8.69. The highest BCUT2D eigenvalue weighted by Crippen LogP contribution is 2.36. The second kappa shape index (κ2) is 11.2. The van der Waals surface area contributed by atoms with E-state index in [0.29, 0.717) is 17.9 Å². The van der Waals surface area contributed by atoms with E-state index < -0.39 is 12.0 Å². The van der Waals surface area contributed by atoms with Gasteiger partial charge in [-0.05, 0) is 58.8 Å². The van der Waals surface area contributed by atoms with Crippen molar-refractivity contribution in [3.8, 4) is 17.2 Å². The number of benzene rings is 2. The smallest absolute Gasteiger partial charge is 0.191 e. The number of allylic oxidation sites excluding steroid dienone is 1. The van der Waals surface area contributed by atoms with E-state index in [-0.39, 0.29) is 5.82 Å². The lowest BCUT2D eigenvalue weighted by atomic mass is 9.95. The van der Waals surface area contributed by atoms with Crippen LogP contribution < -0.4 is 5.73 Å². The van der Waals surface area contributed by atoms with Crippen LogP contribution >= 0.6 is 11.3 Å². The molecule has 7 heteroatoms. The molecule has 0 saturated carbocycles. The summed E-state index contributed by atoms with van der Waals surface area (Å²) >= 11 is 1.50. The van der Waals surface area contributed by atoms with Gasteiger partial charge >= 0.3 is 0 Å². The lowest BCUT2D eigenvalue weighted by Gasteiger charge is -2.20. The van der Waals surface area contributed by atoms with Crippen LogP contribution in [0, 0.1) is 23.1 Å². The van der Waals surface area contributed by atoms with E-state index in [1.165, 1.54) is 23.5 Å². The Bertz CT molecular complexity index is 1210. The standard InChI is InChI=1S/C26H25FN4OS/c1-31(2)26(29)30-25(21(16-32)10-3-6-18-7-5-11-23(27)13-18)24-14-22(17-33-24)20-9-4-8-19(12-20)15-28/h3-9,11-14,16-17,21,25H,10H2,1-2H3,(H2,29,30)/b6-3+. The molecule has 5 nitrogen and oxygen atoms in total. The predicted molar refractivity (Wildman–Crippen MR) is 132 cm³/mol. The number of thiophene rings is 1. The monoisotopic (exact) mass is 460 g/mol. The number of halogens is 1. The fourth-order valence-electron chi connectivity index (χ4n) is 3.29. The summed E-state index contributed by atoms with van der Waals surface area (Å²) in [5.74, 6) is -0.440. The Morgan fingerprint density at radius 3 is 2.70 bits per heavy atom. The molecule has 0 amide bonds. The van der Waals surface area contributed by atoms with Gasteiger partial charge in [-0.1, -0.05) is 36.4 Å². The maximum atomic E-state index is 13.4. The molecule has 0 radical (unpaired) electrons. The lowest BCUT2D eigenvalue weighted by Crippen LogP contribution is -2.31. The number of carbonyl (C=O) groups excluding carboxylic acids is 1. The van der Waals surface area contributed by atoms with Crippen LogP contribution in [0.2, 0.25) is 0 Å². The van der Waals surface area contributed by atoms with Crippen LogP contribution in [0.25, 0.3) is 17.2 Å². The minimum absolute atomic E-state index is 0.308. The molecule has 2 atom stereocenters. The molecule has 3 aromatic rings. The first-order chi connectivity index (χ1) is 15.9. The summed E-state index contributed by atoms with van der Waals surface area (Å²) in [6, 6.07) is 17.3. The Kier molecular flexibility index (Phi) is 8.11. The van der Waals surface area contributed by atoms with Gasteiger partial charge in [-0.15, -0.1) is 11.3 Å². The molecule has 168 valence electrons. The van der Waals surface area contributed by atoms with Gasteiger partial charge in [0.2, 0.25) is 0 Å². The van der Waals surface area contributed by atoms with Gasteiger partial charge in [0.1, 0.15) is 12.1 Å². The number of hydrogen-bond donors (Lipinski definition) is 1. The van der Waals surface area contributed by atoms with Crippen LogP contribution in [0.5, 0.6) is 0 Å². The molecule has 33 heavy (non-hydrogen) atoms. The molecule has 0 aliphatic heterocycles. The van der Waals surface area contributed by atoms with Gasteiger partial charge < -0.3 is 15.4 Å². The quantitative estimate of drug-likeness (QED) is 0.282. The molecule has 0 saturated heterocycles. The number of nitrogens with two attached hydrogens (primary N) is 1. The number of aldehydes is 1. The van der Waals surface area contributed by atoms with Gasteiger partial charge in [0, 0.05) is 24.9 Å². The summed E-state index contributed by atoms with van der Waals surface area (Å²) in [5, 5.41) is 11.2. The summed E-state index contributed by atoms with van der Waals surface area (Å²) < 4.78 is 13.4. The Balaban J connectivity index is 1.90. The number of guanidine groups is 1. The van der Waals surface area contributed by atoms with Gasteiger partial charge in [-0.25, -0.2) is 9.38 Å². The fraction of sp³-hybridized carbons (Fsp3) is 0.192. The van der Waals surface area contributed by atoms with E-state index in [4.69, 9.17) is 5.73 Å². The Morgan fingerprint density at radius 2 is 2.00 bits per heavy atom. The maximum Gasteiger partial charge on any atom is 0.191 e. The molecule has 0 fully saturated rings. The van der Waals surface area contributed by atoms with Crippen molar-refractivity contribution in [3.63, 3.8) is 0 Å². The third kappa shape index (κ3) is 6.37. The van der Waals surface area contributed by atoms with E-state index in [2.05, 4.69) is 11.1 Å². The average Bonchev–Trinajstić information content (AvgIpc) is 3.30. The van der Waals surface area contributed by atoms with E-state index in [0.717, 1.165) is 27.9 Å². The van der Waals surface area contributed by atoms with Crippen LogP contribution in [0.15, 0.2) is 71.0 Å². The Labute approximate surface area is 197 Å². The minimum Gasteiger partial charge on any atom is -0.370 e. The van der Waals surface area contributed by atoms with Crippen molar-refractivity contribution in [1.82, 2.24) is 4.90 Å². The molecular weight excluding hydrogens is 435 g/mol. The summed E-state index contributed by atoms with van der Waals surface area (Å²) in [6.07, 6.45) is 4.96. The highest BCUT2D eigenvalue weighted by molar-refractivity contribution is 7.10. The van der Waals surface area contributed by atoms with Crippen molar-refractivity contribution >= 4 is 29.7 Å². The van der Waals surface area contributed by atoms with Crippen molar-refractivity contribution in [1.29, 1.82) is 5.26 Å². The zero-order chi connectivity index (χ0) is 23.8. The van der Waals surface area contributed by atoms with Crippen molar-refractivity contribution < 1.29 is 9.18 Å². The average molecular weight is 461 g/mol. The maximum absolute atomic E-state index is 13.4. The number of rotatable bonds is 8. The second-order valence-electron chi connectivity index (χ2n) is 7.75. The molecule has 1 aromatic heterocycles. The number of aliphatic imine (C=N–C) groups is 1. The van der Waals surface area contributed by atoms with Crippen molar-refractivity contribution in [2.24, 2.45) is 16.6 Å². The normalized spacial score (nSPS) is 13.5. The minimum atomic E-state index is -0.472. The molecule has 0 aliphatic rings. The van der Waals surface area contributed by atoms with Crippen molar-refractivity contribution in [2.75, 3.05) is 14.1 Å². The molecule has 2 aromatic carbocycles. The summed E-state index contributed by atoms with van der Waals surface area (Å²) in [4.78, 5) is 19.3. The van der Waals surface area contributed by atoms with E-state index in [1.54, 1.807) is 43.3 Å². The Hall–Kier alpha value is -3.76. The molecule has 0 spiro atoms. The first kappa shape index (κ1) is 23.9. The lowest BCUT2D eigenvalue weighted by molar-refractivity contribution is -0.111. The van der Waals surface area contributed by atoms with Crippen molar-refractivity contribution in [2.45, 2.75) is 12.5 Å². The molecule has 0 aliphatic carbocycles. The van der Waals surface area contributed by atoms with Gasteiger partial charge in [-0.2, -0.15) is 5.26 Å². The largest absolute Gasteiger partial charge is 0.370 e. The summed E-state index contributed by atoms with van der Waals surface area (Å²) in [7, 11) is 3.59. The highest BCUT2D eigenvalue weighted by Gasteiger charge is 2.24. The topological polar surface area (TPSA) is 82.5 Å². The number of nitrogens with zero attached hydrogens (tertiary/aromatic N) is 3. The van der Waals surface area contributed by atoms with Gasteiger partial charge in [0.25, 0.3) is 0 Å². The number of carbonyl (C=O) groups is 1. The van der Waals surface area contributed by atoms with Gasteiger partial charge in [0.05, 0.1) is 17.7 Å². The fourth-order valence-corrected chi connectivity index (χ4v) is 4.32. The Morgan fingerprint density at radius 1 is 1.21 bits per heavy atom. The predicted octanol–water partition coefficient (Wildman–Crippen LogP) is 5.26.